The Balaban J connectivity index is 2.41. The van der Waals surface area contributed by atoms with Crippen LogP contribution in [0.1, 0.15) is 37.0 Å². The van der Waals surface area contributed by atoms with E-state index in [4.69, 9.17) is 5.73 Å². The highest BCUT2D eigenvalue weighted by atomic mass is 19.1. The molecule has 108 valence electrons. The summed E-state index contributed by atoms with van der Waals surface area (Å²) in [6.45, 7) is 3.79. The highest BCUT2D eigenvalue weighted by Gasteiger charge is 2.31. The predicted octanol–water partition coefficient (Wildman–Crippen LogP) is 2.12. The topological polar surface area (TPSA) is 63.4 Å². The van der Waals surface area contributed by atoms with E-state index in [1.165, 1.54) is 13.0 Å². The maximum atomic E-state index is 13.9. The van der Waals surface area contributed by atoms with Crippen LogP contribution in [0.5, 0.6) is 0 Å². The molecule has 20 heavy (non-hydrogen) atoms. The Morgan fingerprint density at radius 3 is 2.65 bits per heavy atom. The molecule has 1 saturated heterocycles. The third kappa shape index (κ3) is 2.66. The number of nitrogens with zero attached hydrogens (tertiary/aromatic N) is 1. The lowest BCUT2D eigenvalue weighted by molar-refractivity contribution is -0.122. The van der Waals surface area contributed by atoms with Gasteiger partial charge in [-0.25, -0.2) is 4.39 Å². The average Bonchev–Trinajstić information content (AvgIpc) is 2.38. The molecule has 2 rings (SSSR count). The number of ketones is 1. The number of amides is 1. The fourth-order valence-electron chi connectivity index (χ4n) is 2.78. The smallest absolute Gasteiger partial charge is 0.222 e. The van der Waals surface area contributed by atoms with Crippen molar-refractivity contribution in [1.82, 2.24) is 0 Å². The lowest BCUT2D eigenvalue weighted by Gasteiger charge is -2.39. The van der Waals surface area contributed by atoms with Crippen molar-refractivity contribution in [2.45, 2.75) is 32.7 Å². The largest absolute Gasteiger partial charge is 0.369 e. The number of primary amides is 1. The maximum Gasteiger partial charge on any atom is 0.222 e. The summed E-state index contributed by atoms with van der Waals surface area (Å²) in [6, 6.07) is 4.73. The lowest BCUT2D eigenvalue weighted by Crippen LogP contribution is -2.46. The Labute approximate surface area is 117 Å². The number of carbonyl (C=O) groups excluding carboxylic acids is 2. The number of halogens is 1. The molecule has 1 fully saturated rings. The van der Waals surface area contributed by atoms with E-state index in [9.17, 15) is 14.0 Å². The average molecular weight is 278 g/mol. The van der Waals surface area contributed by atoms with Crippen molar-refractivity contribution >= 4 is 17.4 Å². The summed E-state index contributed by atoms with van der Waals surface area (Å²) in [5.74, 6) is -1.44. The molecule has 0 saturated carbocycles. The molecule has 0 bridgehead atoms. The fraction of sp³-hybridized carbons (Fsp3) is 0.467. The normalized spacial score (nSPS) is 22.6. The second kappa shape index (κ2) is 5.61. The van der Waals surface area contributed by atoms with Crippen LogP contribution in [0, 0.1) is 11.7 Å². The molecule has 2 atom stereocenters. The Bertz CT molecular complexity index is 545. The van der Waals surface area contributed by atoms with Gasteiger partial charge in [0.1, 0.15) is 5.82 Å². The van der Waals surface area contributed by atoms with Crippen molar-refractivity contribution in [3.8, 4) is 0 Å². The Morgan fingerprint density at radius 1 is 1.35 bits per heavy atom. The molecule has 0 aromatic heterocycles. The zero-order valence-corrected chi connectivity index (χ0v) is 11.7. The Kier molecular flexibility index (Phi) is 4.06. The Morgan fingerprint density at radius 2 is 2.05 bits per heavy atom. The van der Waals surface area contributed by atoms with Crippen molar-refractivity contribution < 1.29 is 14.0 Å². The number of hydrogen-bond acceptors (Lipinski definition) is 3. The lowest BCUT2D eigenvalue weighted by atomic mass is 9.91. The van der Waals surface area contributed by atoms with E-state index in [1.807, 2.05) is 11.8 Å². The maximum absolute atomic E-state index is 13.9. The summed E-state index contributed by atoms with van der Waals surface area (Å²) >= 11 is 0. The van der Waals surface area contributed by atoms with E-state index in [-0.39, 0.29) is 29.2 Å². The van der Waals surface area contributed by atoms with Crippen molar-refractivity contribution in [3.05, 3.63) is 29.6 Å². The molecular formula is C15H19FN2O2. The van der Waals surface area contributed by atoms with Crippen molar-refractivity contribution in [3.63, 3.8) is 0 Å². The monoisotopic (exact) mass is 278 g/mol. The number of nitrogens with two attached hydrogens (primary N) is 1. The molecule has 1 heterocycles. The standard InChI is InChI=1S/C15H19FN2O2/c1-9-6-7-11(15(17)20)8-18(9)13-5-3-4-12(16)14(13)10(2)19/h3-5,9,11H,6-8H2,1-2H3,(H2,17,20). The first-order valence-electron chi connectivity index (χ1n) is 6.77. The van der Waals surface area contributed by atoms with Gasteiger partial charge in [0.15, 0.2) is 5.78 Å². The van der Waals surface area contributed by atoms with E-state index in [1.54, 1.807) is 12.1 Å². The third-order valence-corrected chi connectivity index (χ3v) is 3.94. The molecule has 0 radical (unpaired) electrons. The van der Waals surface area contributed by atoms with E-state index >= 15 is 0 Å². The molecule has 0 aliphatic carbocycles. The van der Waals surface area contributed by atoms with Gasteiger partial charge >= 0.3 is 0 Å². The van der Waals surface area contributed by atoms with Crippen LogP contribution in [0.2, 0.25) is 0 Å². The molecule has 1 aliphatic rings. The summed E-state index contributed by atoms with van der Waals surface area (Å²) < 4.78 is 13.9. The highest BCUT2D eigenvalue weighted by molar-refractivity contribution is 6.00. The van der Waals surface area contributed by atoms with Crippen molar-refractivity contribution in [1.29, 1.82) is 0 Å². The number of piperidine rings is 1. The number of anilines is 1. The third-order valence-electron chi connectivity index (χ3n) is 3.94. The van der Waals surface area contributed by atoms with E-state index < -0.39 is 5.82 Å². The zero-order valence-electron chi connectivity index (χ0n) is 11.7. The number of Topliss-reactive ketones (excluding diaryl/α,β-unsaturated/α-hetero) is 1. The number of rotatable bonds is 3. The van der Waals surface area contributed by atoms with Crippen LogP contribution in [-0.2, 0) is 4.79 Å². The first kappa shape index (κ1) is 14.5. The zero-order chi connectivity index (χ0) is 14.9. The van der Waals surface area contributed by atoms with Gasteiger partial charge in [-0.05, 0) is 38.8 Å². The van der Waals surface area contributed by atoms with Gasteiger partial charge in [0, 0.05) is 12.6 Å². The first-order chi connectivity index (χ1) is 9.41. The van der Waals surface area contributed by atoms with Crippen LogP contribution >= 0.6 is 0 Å². The number of hydrogen-bond donors (Lipinski definition) is 1. The van der Waals surface area contributed by atoms with Crippen LogP contribution in [-0.4, -0.2) is 24.3 Å². The van der Waals surface area contributed by atoms with Gasteiger partial charge in [0.2, 0.25) is 5.91 Å². The molecule has 0 spiro atoms. The summed E-state index contributed by atoms with van der Waals surface area (Å²) in [7, 11) is 0. The van der Waals surface area contributed by atoms with Gasteiger partial charge < -0.3 is 10.6 Å². The summed E-state index contributed by atoms with van der Waals surface area (Å²) in [5.41, 5.74) is 6.01. The first-order valence-corrected chi connectivity index (χ1v) is 6.77. The van der Waals surface area contributed by atoms with Gasteiger partial charge in [-0.2, -0.15) is 0 Å². The minimum absolute atomic E-state index is 0.0875. The number of carbonyl (C=O) groups is 2. The molecule has 4 nitrogen and oxygen atoms in total. The fourth-order valence-corrected chi connectivity index (χ4v) is 2.78. The van der Waals surface area contributed by atoms with Gasteiger partial charge in [-0.3, -0.25) is 9.59 Å². The molecule has 1 amide bonds. The van der Waals surface area contributed by atoms with Crippen molar-refractivity contribution in [2.24, 2.45) is 11.7 Å². The molecule has 2 unspecified atom stereocenters. The molecule has 1 aromatic carbocycles. The Hall–Kier alpha value is -1.91. The second-order valence-corrected chi connectivity index (χ2v) is 5.37. The van der Waals surface area contributed by atoms with Crippen LogP contribution in [0.25, 0.3) is 0 Å². The molecule has 1 aromatic rings. The SMILES string of the molecule is CC(=O)c1c(F)cccc1N1CC(C(N)=O)CCC1C. The molecule has 5 heteroatoms. The van der Waals surface area contributed by atoms with E-state index in [0.717, 1.165) is 12.8 Å². The van der Waals surface area contributed by atoms with E-state index in [0.29, 0.717) is 12.2 Å². The number of benzene rings is 1. The summed E-state index contributed by atoms with van der Waals surface area (Å²) in [5, 5.41) is 0. The molecule has 1 aliphatic heterocycles. The summed E-state index contributed by atoms with van der Waals surface area (Å²) in [4.78, 5) is 25.0. The van der Waals surface area contributed by atoms with Crippen LogP contribution < -0.4 is 10.6 Å². The van der Waals surface area contributed by atoms with Crippen LogP contribution in [0.3, 0.4) is 0 Å². The highest BCUT2D eigenvalue weighted by Crippen LogP contribution is 2.31. The second-order valence-electron chi connectivity index (χ2n) is 5.37. The minimum atomic E-state index is -0.525. The van der Waals surface area contributed by atoms with Gasteiger partial charge in [0.05, 0.1) is 17.2 Å². The van der Waals surface area contributed by atoms with Crippen LogP contribution in [0.15, 0.2) is 18.2 Å². The molecular weight excluding hydrogens is 259 g/mol. The minimum Gasteiger partial charge on any atom is -0.369 e. The quantitative estimate of drug-likeness (QED) is 0.861. The molecule has 2 N–H and O–H groups in total. The van der Waals surface area contributed by atoms with Gasteiger partial charge in [-0.15, -0.1) is 0 Å². The van der Waals surface area contributed by atoms with Gasteiger partial charge in [-0.1, -0.05) is 6.07 Å². The van der Waals surface area contributed by atoms with E-state index in [2.05, 4.69) is 0 Å². The summed E-state index contributed by atoms with van der Waals surface area (Å²) in [6.07, 6.45) is 1.53. The van der Waals surface area contributed by atoms with Crippen molar-refractivity contribution in [2.75, 3.05) is 11.4 Å². The van der Waals surface area contributed by atoms with Gasteiger partial charge in [0.25, 0.3) is 0 Å². The van der Waals surface area contributed by atoms with Crippen LogP contribution in [0.4, 0.5) is 10.1 Å². The predicted molar refractivity (Wildman–Crippen MR) is 75.1 cm³/mol.